The third-order valence-electron chi connectivity index (χ3n) is 14.3. The highest BCUT2D eigenvalue weighted by Crippen LogP contribution is 2.16. The van der Waals surface area contributed by atoms with Gasteiger partial charge in [0.1, 0.15) is 13.2 Å². The maximum absolute atomic E-state index is 12.9. The summed E-state index contributed by atoms with van der Waals surface area (Å²) in [5.41, 5.74) is 0. The van der Waals surface area contributed by atoms with E-state index >= 15 is 0 Å². The normalized spacial score (nSPS) is 13.0. The first-order valence-electron chi connectivity index (χ1n) is 34.3. The molecular formula is C77H126O6. The minimum atomic E-state index is -0.817. The summed E-state index contributed by atoms with van der Waals surface area (Å²) >= 11 is 0. The summed E-state index contributed by atoms with van der Waals surface area (Å²) in [6.45, 7) is 6.33. The van der Waals surface area contributed by atoms with Crippen LogP contribution in [-0.2, 0) is 28.6 Å². The molecule has 0 aliphatic heterocycles. The molecule has 0 aromatic rings. The van der Waals surface area contributed by atoms with Crippen LogP contribution in [0.1, 0.15) is 303 Å². The van der Waals surface area contributed by atoms with Crippen LogP contribution < -0.4 is 0 Å². The Morgan fingerprint density at radius 2 is 0.482 bits per heavy atom. The number of rotatable bonds is 61. The van der Waals surface area contributed by atoms with Gasteiger partial charge in [-0.15, -0.1) is 0 Å². The molecule has 470 valence electrons. The van der Waals surface area contributed by atoms with E-state index in [4.69, 9.17) is 14.2 Å². The Balaban J connectivity index is 4.29. The lowest BCUT2D eigenvalue weighted by atomic mass is 10.0. The fourth-order valence-corrected chi connectivity index (χ4v) is 9.23. The third-order valence-corrected chi connectivity index (χ3v) is 14.3. The molecule has 0 spiro atoms. The maximum atomic E-state index is 12.9. The van der Waals surface area contributed by atoms with E-state index in [1.165, 1.54) is 128 Å². The molecule has 0 saturated heterocycles. The summed E-state index contributed by atoms with van der Waals surface area (Å²) in [5, 5.41) is 0. The standard InChI is InChI=1S/C77H126O6/c1-4-7-10-13-16-19-22-24-26-28-30-32-34-35-36-37-38-39-40-41-43-44-46-48-50-52-55-58-61-64-67-70-76(79)82-73-74(72-81-75(78)69-66-63-60-57-54-21-18-15-12-9-6-3)83-77(80)71-68-65-62-59-56-53-51-49-47-45-42-33-31-29-27-25-23-20-17-14-11-8-5-2/h7-8,10-11,15-20,24-27,30-33,45,47,51,53,59,62,74H,4-6,9,12-14,21-23,28-29,34-44,46,48-50,52,54-58,60-61,63-73H2,1-3H3/b10-7-,11-8-,18-15-,19-16-,20-17-,26-24-,27-25-,32-30-,33-31-,47-45-,53-51-,62-59-. The highest BCUT2D eigenvalue weighted by molar-refractivity contribution is 5.71. The van der Waals surface area contributed by atoms with Gasteiger partial charge in [0.25, 0.3) is 0 Å². The molecule has 0 bridgehead atoms. The number of hydrogen-bond donors (Lipinski definition) is 0. The second-order valence-electron chi connectivity index (χ2n) is 22.3. The quantitative estimate of drug-likeness (QED) is 0.0261. The van der Waals surface area contributed by atoms with Gasteiger partial charge in [0.2, 0.25) is 0 Å². The Kier molecular flexibility index (Phi) is 65.8. The molecule has 0 heterocycles. The van der Waals surface area contributed by atoms with Crippen LogP contribution in [0.4, 0.5) is 0 Å². The third kappa shape index (κ3) is 68.0. The van der Waals surface area contributed by atoms with Gasteiger partial charge < -0.3 is 14.2 Å². The number of hydrogen-bond acceptors (Lipinski definition) is 6. The summed E-state index contributed by atoms with van der Waals surface area (Å²) in [4.78, 5) is 38.3. The topological polar surface area (TPSA) is 78.9 Å². The van der Waals surface area contributed by atoms with Crippen molar-refractivity contribution in [2.45, 2.75) is 309 Å². The van der Waals surface area contributed by atoms with Gasteiger partial charge in [-0.25, -0.2) is 0 Å². The first-order valence-corrected chi connectivity index (χ1v) is 34.3. The van der Waals surface area contributed by atoms with Crippen molar-refractivity contribution in [3.63, 3.8) is 0 Å². The molecule has 6 nitrogen and oxygen atoms in total. The van der Waals surface area contributed by atoms with E-state index in [1.54, 1.807) is 0 Å². The number of unbranched alkanes of at least 4 members (excludes halogenated alkanes) is 26. The molecule has 0 aliphatic rings. The van der Waals surface area contributed by atoms with Crippen molar-refractivity contribution in [1.82, 2.24) is 0 Å². The lowest BCUT2D eigenvalue weighted by molar-refractivity contribution is -0.167. The zero-order chi connectivity index (χ0) is 59.9. The fraction of sp³-hybridized carbons (Fsp3) is 0.649. The first-order chi connectivity index (χ1) is 41.0. The predicted molar refractivity (Wildman–Crippen MR) is 362 cm³/mol. The van der Waals surface area contributed by atoms with Crippen LogP contribution in [0, 0.1) is 0 Å². The Morgan fingerprint density at radius 1 is 0.253 bits per heavy atom. The zero-order valence-electron chi connectivity index (χ0n) is 53.9. The van der Waals surface area contributed by atoms with E-state index in [1.807, 2.05) is 0 Å². The molecule has 0 aromatic heterocycles. The highest BCUT2D eigenvalue weighted by Gasteiger charge is 2.19. The largest absolute Gasteiger partial charge is 0.462 e. The molecule has 1 unspecified atom stereocenters. The fourth-order valence-electron chi connectivity index (χ4n) is 9.23. The van der Waals surface area contributed by atoms with E-state index in [-0.39, 0.29) is 37.5 Å². The molecule has 0 radical (unpaired) electrons. The summed E-state index contributed by atoms with van der Waals surface area (Å²) in [7, 11) is 0. The number of ether oxygens (including phenoxy) is 3. The summed E-state index contributed by atoms with van der Waals surface area (Å²) in [6.07, 6.45) is 100. The van der Waals surface area contributed by atoms with Crippen LogP contribution in [0.3, 0.4) is 0 Å². The monoisotopic (exact) mass is 1150 g/mol. The Labute approximate surface area is 512 Å². The average Bonchev–Trinajstić information content (AvgIpc) is 3.48. The molecule has 0 rings (SSSR count). The van der Waals surface area contributed by atoms with Crippen molar-refractivity contribution < 1.29 is 28.6 Å². The van der Waals surface area contributed by atoms with Crippen molar-refractivity contribution in [2.75, 3.05) is 13.2 Å². The van der Waals surface area contributed by atoms with E-state index in [0.717, 1.165) is 128 Å². The lowest BCUT2D eigenvalue weighted by Gasteiger charge is -2.18. The van der Waals surface area contributed by atoms with Crippen LogP contribution in [0.2, 0.25) is 0 Å². The van der Waals surface area contributed by atoms with Gasteiger partial charge >= 0.3 is 17.9 Å². The van der Waals surface area contributed by atoms with Crippen LogP contribution in [0.15, 0.2) is 146 Å². The minimum Gasteiger partial charge on any atom is -0.462 e. The smallest absolute Gasteiger partial charge is 0.306 e. The summed E-state index contributed by atoms with van der Waals surface area (Å²) in [5.74, 6) is -0.972. The number of carbonyl (C=O) groups is 3. The molecular weight excluding hydrogens is 1020 g/mol. The highest BCUT2D eigenvalue weighted by atomic mass is 16.6. The minimum absolute atomic E-state index is 0.106. The molecule has 0 aromatic carbocycles. The van der Waals surface area contributed by atoms with E-state index in [0.29, 0.717) is 19.3 Å². The molecule has 0 N–H and O–H groups in total. The average molecular weight is 1150 g/mol. The van der Waals surface area contributed by atoms with Crippen molar-refractivity contribution in [3.8, 4) is 0 Å². The maximum Gasteiger partial charge on any atom is 0.306 e. The summed E-state index contributed by atoms with van der Waals surface area (Å²) in [6, 6.07) is 0. The van der Waals surface area contributed by atoms with Gasteiger partial charge in [-0.3, -0.25) is 14.4 Å². The second-order valence-corrected chi connectivity index (χ2v) is 22.3. The van der Waals surface area contributed by atoms with Gasteiger partial charge in [-0.05, 0) is 128 Å². The molecule has 0 fully saturated rings. The van der Waals surface area contributed by atoms with Crippen LogP contribution in [0.25, 0.3) is 0 Å². The number of carbonyl (C=O) groups excluding carboxylic acids is 3. The first kappa shape index (κ1) is 78.3. The van der Waals surface area contributed by atoms with Gasteiger partial charge in [-0.2, -0.15) is 0 Å². The SMILES string of the molecule is CC/C=C\C/C=C\C/C=C\C/C=C\C/C=C\C/C=C\C/C=C\CCCC(=O)OC(COC(=O)CCCCCCC/C=C\CCCC)COC(=O)CCCCCCCCCCCCCCCCCCCC/C=C\C/C=C\C/C=C\C/C=C\CC. The second kappa shape index (κ2) is 69.8. The summed E-state index contributed by atoms with van der Waals surface area (Å²) < 4.78 is 16.9. The van der Waals surface area contributed by atoms with Gasteiger partial charge in [0.15, 0.2) is 6.10 Å². The van der Waals surface area contributed by atoms with Crippen molar-refractivity contribution in [3.05, 3.63) is 146 Å². The van der Waals surface area contributed by atoms with Crippen molar-refractivity contribution >= 4 is 17.9 Å². The molecule has 0 aliphatic carbocycles. The molecule has 1 atom stereocenters. The van der Waals surface area contributed by atoms with E-state index < -0.39 is 6.10 Å². The molecule has 83 heavy (non-hydrogen) atoms. The molecule has 0 saturated carbocycles. The van der Waals surface area contributed by atoms with E-state index in [2.05, 4.69) is 167 Å². The predicted octanol–water partition coefficient (Wildman–Crippen LogP) is 23.9. The Bertz CT molecular complexity index is 1800. The Morgan fingerprint density at radius 3 is 0.783 bits per heavy atom. The van der Waals surface area contributed by atoms with Crippen LogP contribution >= 0.6 is 0 Å². The zero-order valence-corrected chi connectivity index (χ0v) is 53.9. The Hall–Kier alpha value is -4.71. The molecule has 0 amide bonds. The number of allylic oxidation sites excluding steroid dienone is 24. The van der Waals surface area contributed by atoms with Crippen LogP contribution in [-0.4, -0.2) is 37.2 Å². The van der Waals surface area contributed by atoms with E-state index in [9.17, 15) is 14.4 Å². The number of esters is 3. The molecule has 6 heteroatoms. The van der Waals surface area contributed by atoms with Crippen molar-refractivity contribution in [2.24, 2.45) is 0 Å². The van der Waals surface area contributed by atoms with Crippen LogP contribution in [0.5, 0.6) is 0 Å². The van der Waals surface area contributed by atoms with Gasteiger partial charge in [0, 0.05) is 19.3 Å². The lowest BCUT2D eigenvalue weighted by Crippen LogP contribution is -2.30. The van der Waals surface area contributed by atoms with Crippen molar-refractivity contribution in [1.29, 1.82) is 0 Å². The van der Waals surface area contributed by atoms with Gasteiger partial charge in [0.05, 0.1) is 0 Å². The van der Waals surface area contributed by atoms with Gasteiger partial charge in [-0.1, -0.05) is 301 Å².